The van der Waals surface area contributed by atoms with E-state index in [0.717, 1.165) is 5.56 Å². The molecule has 1 amide bonds. The summed E-state index contributed by atoms with van der Waals surface area (Å²) in [6.07, 6.45) is 6.72. The molecule has 0 radical (unpaired) electrons. The Labute approximate surface area is 186 Å². The number of hydrogen-bond donors (Lipinski definition) is 1. The molecule has 1 atom stereocenters. The van der Waals surface area contributed by atoms with Gasteiger partial charge in [-0.3, -0.25) is 15.0 Å². The summed E-state index contributed by atoms with van der Waals surface area (Å²) in [5.41, 5.74) is 0.901. The fraction of sp³-hybridized carbons (Fsp3) is 0.450. The Balaban J connectivity index is 1.55. The van der Waals surface area contributed by atoms with Gasteiger partial charge in [0.05, 0.1) is 16.8 Å². The van der Waals surface area contributed by atoms with Gasteiger partial charge in [0.1, 0.15) is 6.10 Å². The van der Waals surface area contributed by atoms with Crippen molar-refractivity contribution in [3.63, 3.8) is 0 Å². The molecule has 1 unspecified atom stereocenters. The number of nitrogens with zero attached hydrogens (tertiary/aromatic N) is 4. The molecule has 168 valence electrons. The third-order valence-corrected chi connectivity index (χ3v) is 7.34. The van der Waals surface area contributed by atoms with E-state index in [1.165, 1.54) is 10.5 Å². The van der Waals surface area contributed by atoms with Crippen LogP contribution in [0.4, 0.5) is 0 Å². The van der Waals surface area contributed by atoms with Gasteiger partial charge in [0, 0.05) is 37.7 Å². The minimum Gasteiger partial charge on any atom is -0.474 e. The fourth-order valence-electron chi connectivity index (χ4n) is 3.44. The van der Waals surface area contributed by atoms with E-state index in [1.807, 2.05) is 6.07 Å². The van der Waals surface area contributed by atoms with Gasteiger partial charge in [-0.25, -0.2) is 22.8 Å². The average Bonchev–Trinajstić information content (AvgIpc) is 2.78. The van der Waals surface area contributed by atoms with E-state index in [4.69, 9.17) is 16.3 Å². The molecule has 1 N–H and O–H groups in total. The second kappa shape index (κ2) is 10.9. The molecule has 1 saturated heterocycles. The molecule has 0 aromatic carbocycles. The van der Waals surface area contributed by atoms with Crippen molar-refractivity contribution < 1.29 is 23.2 Å². The zero-order valence-electron chi connectivity index (χ0n) is 16.9. The smallest absolute Gasteiger partial charge is 0.233 e. The lowest BCUT2D eigenvalue weighted by atomic mass is 10.1. The van der Waals surface area contributed by atoms with Crippen LogP contribution in [-0.2, 0) is 21.2 Å². The molecule has 3 heterocycles. The lowest BCUT2D eigenvalue weighted by Crippen LogP contribution is -2.47. The summed E-state index contributed by atoms with van der Waals surface area (Å²) in [5.74, 6) is 0.0929. The highest BCUT2D eigenvalue weighted by Crippen LogP contribution is 2.21. The summed E-state index contributed by atoms with van der Waals surface area (Å²) in [6.45, 7) is 0.588. The SMILES string of the molecule is O=CN(O)C(CCc1cccnc1)CS(=O)(=O)N1CCC(Oc2ccc(Cl)cn2)CC1. The van der Waals surface area contributed by atoms with Crippen molar-refractivity contribution in [3.8, 4) is 5.88 Å². The quantitative estimate of drug-likeness (QED) is 0.323. The van der Waals surface area contributed by atoms with Gasteiger partial charge in [-0.05, 0) is 43.4 Å². The van der Waals surface area contributed by atoms with E-state index < -0.39 is 16.1 Å². The fourth-order valence-corrected chi connectivity index (χ4v) is 5.33. The molecular formula is C20H25ClN4O5S. The summed E-state index contributed by atoms with van der Waals surface area (Å²) in [7, 11) is -3.68. The first-order chi connectivity index (χ1) is 14.9. The van der Waals surface area contributed by atoms with Gasteiger partial charge in [-0.1, -0.05) is 17.7 Å². The lowest BCUT2D eigenvalue weighted by Gasteiger charge is -2.32. The molecule has 1 aliphatic heterocycles. The highest BCUT2D eigenvalue weighted by Gasteiger charge is 2.32. The zero-order valence-corrected chi connectivity index (χ0v) is 18.5. The molecule has 1 fully saturated rings. The zero-order chi connectivity index (χ0) is 22.3. The van der Waals surface area contributed by atoms with Gasteiger partial charge in [0.2, 0.25) is 22.3 Å². The minimum atomic E-state index is -3.68. The van der Waals surface area contributed by atoms with Crippen molar-refractivity contribution in [2.45, 2.75) is 37.8 Å². The number of carbonyl (C=O) groups excluding carboxylic acids is 1. The maximum absolute atomic E-state index is 12.9. The largest absolute Gasteiger partial charge is 0.474 e. The number of sulfonamides is 1. The first-order valence-electron chi connectivity index (χ1n) is 9.95. The van der Waals surface area contributed by atoms with Gasteiger partial charge in [-0.15, -0.1) is 0 Å². The van der Waals surface area contributed by atoms with Crippen molar-refractivity contribution in [3.05, 3.63) is 53.4 Å². The van der Waals surface area contributed by atoms with E-state index in [1.54, 1.807) is 30.6 Å². The average molecular weight is 469 g/mol. The molecule has 0 saturated carbocycles. The van der Waals surface area contributed by atoms with Crippen LogP contribution in [0.3, 0.4) is 0 Å². The number of amides is 1. The van der Waals surface area contributed by atoms with Crippen LogP contribution < -0.4 is 4.74 Å². The predicted octanol–water partition coefficient (Wildman–Crippen LogP) is 2.15. The highest BCUT2D eigenvalue weighted by atomic mass is 35.5. The Bertz CT molecular complexity index is 938. The second-order valence-electron chi connectivity index (χ2n) is 7.35. The van der Waals surface area contributed by atoms with Crippen LogP contribution in [0.5, 0.6) is 5.88 Å². The monoisotopic (exact) mass is 468 g/mol. The molecule has 1 aliphatic rings. The molecular weight excluding hydrogens is 444 g/mol. The summed E-state index contributed by atoms with van der Waals surface area (Å²) in [4.78, 5) is 19.2. The number of aryl methyl sites for hydroxylation is 1. The van der Waals surface area contributed by atoms with Gasteiger partial charge in [-0.2, -0.15) is 0 Å². The van der Waals surface area contributed by atoms with Crippen molar-refractivity contribution >= 4 is 28.0 Å². The molecule has 0 aliphatic carbocycles. The van der Waals surface area contributed by atoms with E-state index >= 15 is 0 Å². The van der Waals surface area contributed by atoms with Crippen LogP contribution in [0.15, 0.2) is 42.9 Å². The van der Waals surface area contributed by atoms with Crippen LogP contribution in [-0.4, -0.2) is 70.4 Å². The van der Waals surface area contributed by atoms with Crippen molar-refractivity contribution in [1.82, 2.24) is 19.3 Å². The van der Waals surface area contributed by atoms with Gasteiger partial charge < -0.3 is 4.74 Å². The topological polar surface area (TPSA) is 113 Å². The maximum atomic E-state index is 12.9. The number of carbonyl (C=O) groups is 1. The van der Waals surface area contributed by atoms with E-state index in [0.29, 0.717) is 54.7 Å². The van der Waals surface area contributed by atoms with E-state index in [-0.39, 0.29) is 18.3 Å². The Morgan fingerprint density at radius 2 is 2.06 bits per heavy atom. The Kier molecular flexibility index (Phi) is 8.19. The summed E-state index contributed by atoms with van der Waals surface area (Å²) in [5, 5.41) is 10.9. The normalized spacial score (nSPS) is 16.6. The number of hydrogen-bond acceptors (Lipinski definition) is 7. The number of hydroxylamine groups is 2. The van der Waals surface area contributed by atoms with Crippen molar-refractivity contribution in [2.24, 2.45) is 0 Å². The van der Waals surface area contributed by atoms with Crippen LogP contribution >= 0.6 is 11.6 Å². The molecule has 0 spiro atoms. The summed E-state index contributed by atoms with van der Waals surface area (Å²) < 4.78 is 33.0. The van der Waals surface area contributed by atoms with Gasteiger partial charge in [0.25, 0.3) is 0 Å². The number of halogens is 1. The number of rotatable bonds is 10. The summed E-state index contributed by atoms with van der Waals surface area (Å²) >= 11 is 5.82. The third kappa shape index (κ3) is 6.86. The maximum Gasteiger partial charge on any atom is 0.233 e. The number of ether oxygens (including phenoxy) is 1. The molecule has 0 bridgehead atoms. The molecule has 11 heteroatoms. The van der Waals surface area contributed by atoms with Crippen LogP contribution in [0.25, 0.3) is 0 Å². The van der Waals surface area contributed by atoms with E-state index in [2.05, 4.69) is 9.97 Å². The Morgan fingerprint density at radius 3 is 2.68 bits per heavy atom. The lowest BCUT2D eigenvalue weighted by molar-refractivity contribution is -0.158. The number of aromatic nitrogens is 2. The van der Waals surface area contributed by atoms with Gasteiger partial charge in [0.15, 0.2) is 0 Å². The molecule has 2 aromatic heterocycles. The second-order valence-corrected chi connectivity index (χ2v) is 9.80. The molecule has 31 heavy (non-hydrogen) atoms. The minimum absolute atomic E-state index is 0.147. The predicted molar refractivity (Wildman–Crippen MR) is 114 cm³/mol. The standard InChI is InChI=1S/C20H25ClN4O5S/c21-17-4-6-20(23-13-17)30-19-7-10-24(11-8-19)31(28,29)14-18(25(27)15-26)5-3-16-2-1-9-22-12-16/h1-2,4,6,9,12-13,15,18-19,27H,3,5,7-8,10-11,14H2. The molecule has 2 aromatic rings. The first-order valence-corrected chi connectivity index (χ1v) is 11.9. The van der Waals surface area contributed by atoms with Crippen molar-refractivity contribution in [2.75, 3.05) is 18.8 Å². The molecule has 9 nitrogen and oxygen atoms in total. The Hall–Kier alpha value is -2.27. The number of pyridine rings is 2. The van der Waals surface area contributed by atoms with E-state index in [9.17, 15) is 18.4 Å². The first kappa shape index (κ1) is 23.4. The van der Waals surface area contributed by atoms with Crippen LogP contribution in [0, 0.1) is 0 Å². The van der Waals surface area contributed by atoms with Crippen LogP contribution in [0.2, 0.25) is 5.02 Å². The number of piperidine rings is 1. The van der Waals surface area contributed by atoms with Crippen molar-refractivity contribution in [1.29, 1.82) is 0 Å². The van der Waals surface area contributed by atoms with Crippen LogP contribution in [0.1, 0.15) is 24.8 Å². The Morgan fingerprint density at radius 1 is 1.29 bits per heavy atom. The summed E-state index contributed by atoms with van der Waals surface area (Å²) in [6, 6.07) is 6.15. The highest BCUT2D eigenvalue weighted by molar-refractivity contribution is 7.89. The molecule has 3 rings (SSSR count). The third-order valence-electron chi connectivity index (χ3n) is 5.16. The van der Waals surface area contributed by atoms with Gasteiger partial charge >= 0.3 is 0 Å².